The number of ketones is 1. The third-order valence-corrected chi connectivity index (χ3v) is 2.15. The molecule has 2 heteroatoms. The van der Waals surface area contributed by atoms with E-state index in [1.807, 2.05) is 6.08 Å². The zero-order chi connectivity index (χ0) is 11.3. The molecule has 0 aliphatic rings. The molecule has 0 aliphatic carbocycles. The summed E-state index contributed by atoms with van der Waals surface area (Å²) < 4.78 is 0. The predicted octanol–water partition coefficient (Wildman–Crippen LogP) is 3.18. The Morgan fingerprint density at radius 3 is 2.38 bits per heavy atom. The van der Waals surface area contributed by atoms with Crippen molar-refractivity contribution >= 4 is 5.78 Å². The van der Waals surface area contributed by atoms with Gasteiger partial charge in [0.25, 0.3) is 0 Å². The van der Waals surface area contributed by atoms with Gasteiger partial charge < -0.3 is 0 Å². The minimum absolute atomic E-state index is 0. The Bertz CT molecular complexity index is 360. The maximum Gasteiger partial charge on any atom is 3.00 e. The van der Waals surface area contributed by atoms with Crippen molar-refractivity contribution < 1.29 is 37.5 Å². The number of hydrogen-bond donors (Lipinski definition) is 0. The zero-order valence-corrected chi connectivity index (χ0v) is 13.0. The van der Waals surface area contributed by atoms with Gasteiger partial charge in [-0.25, -0.2) is 0 Å². The van der Waals surface area contributed by atoms with E-state index in [-0.39, 0.29) is 38.5 Å². The van der Waals surface area contributed by atoms with Crippen LogP contribution in [0.4, 0.5) is 0 Å². The van der Waals surface area contributed by atoms with E-state index in [2.05, 4.69) is 32.0 Å². The van der Waals surface area contributed by atoms with Gasteiger partial charge in [-0.05, 0) is 25.8 Å². The van der Waals surface area contributed by atoms with E-state index < -0.39 is 0 Å². The second-order valence-corrected chi connectivity index (χ2v) is 3.91. The van der Waals surface area contributed by atoms with Crippen LogP contribution in [0, 0.1) is 19.9 Å². The van der Waals surface area contributed by atoms with E-state index in [1.54, 1.807) is 13.0 Å². The molecule has 0 fully saturated rings. The Labute approximate surface area is 123 Å². The van der Waals surface area contributed by atoms with Crippen LogP contribution in [0.3, 0.4) is 0 Å². The van der Waals surface area contributed by atoms with Crippen molar-refractivity contribution in [2.75, 3.05) is 0 Å². The molecule has 0 aliphatic heterocycles. The Balaban J connectivity index is 0.00000225. The fourth-order valence-electron chi connectivity index (χ4n) is 1.62. The van der Waals surface area contributed by atoms with Gasteiger partial charge in [-0.1, -0.05) is 19.9 Å². The van der Waals surface area contributed by atoms with Crippen LogP contribution in [0.2, 0.25) is 0 Å². The Morgan fingerprint density at radius 1 is 1.31 bits per heavy atom. The molecular formula is C14H17OY+2. The van der Waals surface area contributed by atoms with Crippen LogP contribution in [0.5, 0.6) is 0 Å². The molecular weight excluding hydrogens is 273 g/mol. The number of hydrogen-bond acceptors (Lipinski definition) is 1. The van der Waals surface area contributed by atoms with Crippen molar-refractivity contribution in [1.82, 2.24) is 0 Å². The van der Waals surface area contributed by atoms with Crippen molar-refractivity contribution in [3.8, 4) is 0 Å². The van der Waals surface area contributed by atoms with E-state index in [4.69, 9.17) is 0 Å². The van der Waals surface area contributed by atoms with Crippen LogP contribution >= 0.6 is 0 Å². The third kappa shape index (κ3) is 6.35. The van der Waals surface area contributed by atoms with Crippen LogP contribution in [-0.4, -0.2) is 5.78 Å². The monoisotopic (exact) mass is 290 g/mol. The summed E-state index contributed by atoms with van der Waals surface area (Å²) in [5, 5.41) is 0. The summed E-state index contributed by atoms with van der Waals surface area (Å²) in [5.41, 5.74) is 3.68. The number of aryl methyl sites for hydroxylation is 3. The zero-order valence-electron chi connectivity index (χ0n) is 10.2. The molecule has 1 aromatic carbocycles. The fourth-order valence-corrected chi connectivity index (χ4v) is 1.62. The molecule has 1 nitrogen and oxygen atoms in total. The molecule has 0 amide bonds. The molecule has 0 saturated heterocycles. The van der Waals surface area contributed by atoms with Crippen molar-refractivity contribution in [2.24, 2.45) is 0 Å². The summed E-state index contributed by atoms with van der Waals surface area (Å²) in [5.74, 6) is 0.115. The molecule has 80 valence electrons. The van der Waals surface area contributed by atoms with E-state index in [0.29, 0.717) is 0 Å². The Kier molecular flexibility index (Phi) is 7.79. The van der Waals surface area contributed by atoms with Gasteiger partial charge in [-0.2, -0.15) is 34.9 Å². The molecule has 1 rings (SSSR count). The quantitative estimate of drug-likeness (QED) is 0.615. The molecule has 0 spiro atoms. The van der Waals surface area contributed by atoms with Crippen LogP contribution < -0.4 is 0 Å². The predicted molar refractivity (Wildman–Crippen MR) is 62.9 cm³/mol. The van der Waals surface area contributed by atoms with Gasteiger partial charge in [0, 0.05) is 0 Å². The number of benzene rings is 1. The second kappa shape index (κ2) is 7.92. The van der Waals surface area contributed by atoms with E-state index in [1.165, 1.54) is 16.7 Å². The number of carbonyl (C=O) groups excluding carboxylic acids is 1. The van der Waals surface area contributed by atoms with Crippen LogP contribution in [-0.2, 0) is 43.9 Å². The first-order valence-electron chi connectivity index (χ1n) is 5.24. The van der Waals surface area contributed by atoms with Gasteiger partial charge in [-0.15, -0.1) is 0 Å². The minimum atomic E-state index is 0. The Morgan fingerprint density at radius 2 is 1.88 bits per heavy atom. The van der Waals surface area contributed by atoms with Crippen LogP contribution in [0.1, 0.15) is 30.0 Å². The number of carbonyl (C=O) groups is 1. The van der Waals surface area contributed by atoms with Gasteiger partial charge in [0.1, 0.15) is 0 Å². The van der Waals surface area contributed by atoms with Gasteiger partial charge in [-0.3, -0.25) is 4.79 Å². The van der Waals surface area contributed by atoms with Crippen LogP contribution in [0.25, 0.3) is 0 Å². The normalized spacial score (nSPS) is 10.2. The number of rotatable bonds is 4. The maximum absolute atomic E-state index is 10.7. The number of allylic oxidation sites excluding steroid dienone is 2. The summed E-state index contributed by atoms with van der Waals surface area (Å²) in [6, 6.07) is 7.54. The third-order valence-electron chi connectivity index (χ3n) is 2.15. The topological polar surface area (TPSA) is 17.1 Å². The van der Waals surface area contributed by atoms with Gasteiger partial charge in [0.2, 0.25) is 0 Å². The summed E-state index contributed by atoms with van der Waals surface area (Å²) in [6.45, 7) is 5.69. The molecule has 0 saturated carbocycles. The molecule has 1 aromatic rings. The van der Waals surface area contributed by atoms with Crippen molar-refractivity contribution in [3.05, 3.63) is 47.0 Å². The summed E-state index contributed by atoms with van der Waals surface area (Å²) in [7, 11) is 0. The first-order chi connectivity index (χ1) is 7.08. The molecule has 0 N–H and O–H groups in total. The molecule has 0 heterocycles. The molecule has 0 unspecified atom stereocenters. The van der Waals surface area contributed by atoms with Gasteiger partial charge in [0.05, 0.1) is 0 Å². The van der Waals surface area contributed by atoms with Crippen molar-refractivity contribution in [3.63, 3.8) is 0 Å². The molecule has 0 bridgehead atoms. The molecule has 0 radical (unpaired) electrons. The van der Waals surface area contributed by atoms with Crippen molar-refractivity contribution in [2.45, 2.75) is 33.6 Å². The van der Waals surface area contributed by atoms with E-state index >= 15 is 0 Å². The van der Waals surface area contributed by atoms with Gasteiger partial charge in [0.15, 0.2) is 5.78 Å². The van der Waals surface area contributed by atoms with E-state index in [9.17, 15) is 4.79 Å². The minimum Gasteiger partial charge on any atom is -0.295 e. The first-order valence-corrected chi connectivity index (χ1v) is 5.24. The summed E-state index contributed by atoms with van der Waals surface area (Å²) >= 11 is 0. The standard InChI is InChI=1S/C14H17O.Y/c1-11-8-12(2)10-14(9-11)7-5-4-6-13(3)15;/h4,6,9-10H,5,7H2,1-3H3;/q-1;+3/b6-4+;. The summed E-state index contributed by atoms with van der Waals surface area (Å²) in [6.07, 6.45) is 5.47. The van der Waals surface area contributed by atoms with Crippen LogP contribution in [0.15, 0.2) is 24.3 Å². The fraction of sp³-hybridized carbons (Fsp3) is 0.357. The Hall–Kier alpha value is -0.266. The molecule has 16 heavy (non-hydrogen) atoms. The maximum atomic E-state index is 10.7. The smallest absolute Gasteiger partial charge is 0.295 e. The first kappa shape index (κ1) is 15.7. The van der Waals surface area contributed by atoms with Crippen molar-refractivity contribution in [1.29, 1.82) is 0 Å². The molecule has 0 aromatic heterocycles. The van der Waals surface area contributed by atoms with Gasteiger partial charge >= 0.3 is 32.7 Å². The molecule has 0 atom stereocenters. The van der Waals surface area contributed by atoms with E-state index in [0.717, 1.165) is 12.8 Å². The summed E-state index contributed by atoms with van der Waals surface area (Å²) in [4.78, 5) is 10.7. The largest absolute Gasteiger partial charge is 3.00 e. The second-order valence-electron chi connectivity index (χ2n) is 3.91. The average Bonchev–Trinajstić information content (AvgIpc) is 2.10. The SMILES string of the molecule is CC(=O)/C=C/CCc1cc(C)[c-]c(C)c1.[Y+3]. The average molecular weight is 290 g/mol.